The van der Waals surface area contributed by atoms with Crippen molar-refractivity contribution in [1.82, 2.24) is 10.3 Å². The Bertz CT molecular complexity index is 355. The minimum atomic E-state index is 0.134. The van der Waals surface area contributed by atoms with Crippen LogP contribution in [0.2, 0.25) is 0 Å². The lowest BCUT2D eigenvalue weighted by molar-refractivity contribution is 0.424. The molecule has 1 aromatic rings. The number of hydrogen-bond acceptors (Lipinski definition) is 3. The Hall–Kier alpha value is -1.09. The van der Waals surface area contributed by atoms with E-state index >= 15 is 0 Å². The van der Waals surface area contributed by atoms with Crippen molar-refractivity contribution >= 4 is 5.69 Å². The van der Waals surface area contributed by atoms with Crippen LogP contribution in [-0.4, -0.2) is 23.6 Å². The van der Waals surface area contributed by atoms with E-state index in [0.29, 0.717) is 0 Å². The molecule has 3 nitrogen and oxygen atoms in total. The van der Waals surface area contributed by atoms with Gasteiger partial charge < -0.3 is 10.2 Å². The maximum absolute atomic E-state index is 4.26. The van der Waals surface area contributed by atoms with Crippen molar-refractivity contribution in [2.75, 3.05) is 18.0 Å². The first-order chi connectivity index (χ1) is 8.48. The summed E-state index contributed by atoms with van der Waals surface area (Å²) >= 11 is 0. The van der Waals surface area contributed by atoms with E-state index in [1.54, 1.807) is 0 Å². The second kappa shape index (κ2) is 6.74. The zero-order valence-electron chi connectivity index (χ0n) is 12.5. The van der Waals surface area contributed by atoms with Crippen LogP contribution in [0.1, 0.15) is 46.6 Å². The molecule has 0 saturated carbocycles. The molecule has 1 rings (SSSR count). The van der Waals surface area contributed by atoms with E-state index in [1.165, 1.54) is 17.7 Å². The zero-order chi connectivity index (χ0) is 13.6. The predicted octanol–water partition coefficient (Wildman–Crippen LogP) is 3.21. The highest BCUT2D eigenvalue weighted by Crippen LogP contribution is 2.20. The zero-order valence-corrected chi connectivity index (χ0v) is 12.5. The summed E-state index contributed by atoms with van der Waals surface area (Å²) < 4.78 is 0. The number of pyridine rings is 1. The number of aromatic nitrogens is 1. The van der Waals surface area contributed by atoms with Gasteiger partial charge >= 0.3 is 0 Å². The molecule has 0 radical (unpaired) electrons. The van der Waals surface area contributed by atoms with Crippen LogP contribution < -0.4 is 10.2 Å². The summed E-state index contributed by atoms with van der Waals surface area (Å²) in [7, 11) is 0. The van der Waals surface area contributed by atoms with Crippen molar-refractivity contribution in [2.45, 2.75) is 53.1 Å². The first kappa shape index (κ1) is 15.0. The molecule has 0 fully saturated rings. The van der Waals surface area contributed by atoms with E-state index in [-0.39, 0.29) is 5.54 Å². The number of nitrogens with zero attached hydrogens (tertiary/aromatic N) is 2. The van der Waals surface area contributed by atoms with E-state index in [2.05, 4.69) is 55.9 Å². The Morgan fingerprint density at radius 1 is 1.28 bits per heavy atom. The molecular formula is C15H27N3. The molecule has 3 heteroatoms. The van der Waals surface area contributed by atoms with Gasteiger partial charge in [-0.2, -0.15) is 0 Å². The fourth-order valence-electron chi connectivity index (χ4n) is 1.94. The summed E-state index contributed by atoms with van der Waals surface area (Å²) in [6, 6.07) is 2.12. The predicted molar refractivity (Wildman–Crippen MR) is 79.0 cm³/mol. The Labute approximate surface area is 112 Å². The van der Waals surface area contributed by atoms with E-state index in [9.17, 15) is 0 Å². The largest absolute Gasteiger partial charge is 0.371 e. The van der Waals surface area contributed by atoms with Gasteiger partial charge in [-0.15, -0.1) is 0 Å². The van der Waals surface area contributed by atoms with Crippen LogP contribution in [0.5, 0.6) is 0 Å². The van der Waals surface area contributed by atoms with Crippen LogP contribution in [0, 0.1) is 0 Å². The molecule has 0 aliphatic heterocycles. The van der Waals surface area contributed by atoms with Gasteiger partial charge in [-0.1, -0.05) is 6.92 Å². The van der Waals surface area contributed by atoms with Crippen LogP contribution in [0.4, 0.5) is 5.69 Å². The van der Waals surface area contributed by atoms with E-state index in [0.717, 1.165) is 19.6 Å². The summed E-state index contributed by atoms with van der Waals surface area (Å²) in [5.41, 5.74) is 2.73. The van der Waals surface area contributed by atoms with Gasteiger partial charge in [0.25, 0.3) is 0 Å². The van der Waals surface area contributed by atoms with Crippen molar-refractivity contribution < 1.29 is 0 Å². The molecule has 0 amide bonds. The third-order valence-electron chi connectivity index (χ3n) is 2.90. The van der Waals surface area contributed by atoms with E-state index in [1.807, 2.05) is 12.4 Å². The van der Waals surface area contributed by atoms with Gasteiger partial charge in [-0.25, -0.2) is 0 Å². The van der Waals surface area contributed by atoms with Gasteiger partial charge in [0.2, 0.25) is 0 Å². The smallest absolute Gasteiger partial charge is 0.0442 e. The standard InChI is InChI=1S/C15H27N3/c1-6-10-18(7-2)14-8-9-16-11-13(14)12-17-15(3,4)5/h8-9,11,17H,6-7,10,12H2,1-5H3. The van der Waals surface area contributed by atoms with Gasteiger partial charge in [0, 0.05) is 48.8 Å². The van der Waals surface area contributed by atoms with Crippen LogP contribution in [0.15, 0.2) is 18.5 Å². The van der Waals surface area contributed by atoms with Crippen LogP contribution in [-0.2, 0) is 6.54 Å². The van der Waals surface area contributed by atoms with Gasteiger partial charge in [0.05, 0.1) is 0 Å². The van der Waals surface area contributed by atoms with Crippen molar-refractivity contribution in [3.8, 4) is 0 Å². The molecule has 0 spiro atoms. The summed E-state index contributed by atoms with van der Waals surface area (Å²) in [6.45, 7) is 14.0. The highest BCUT2D eigenvalue weighted by Gasteiger charge is 2.12. The lowest BCUT2D eigenvalue weighted by atomic mass is 10.1. The maximum Gasteiger partial charge on any atom is 0.0442 e. The Balaban J connectivity index is 2.84. The van der Waals surface area contributed by atoms with Crippen LogP contribution in [0.25, 0.3) is 0 Å². The number of rotatable bonds is 6. The molecule has 1 heterocycles. The first-order valence-electron chi connectivity index (χ1n) is 6.90. The maximum atomic E-state index is 4.26. The molecule has 0 bridgehead atoms. The third-order valence-corrected chi connectivity index (χ3v) is 2.90. The van der Waals surface area contributed by atoms with Gasteiger partial charge in [-0.3, -0.25) is 4.98 Å². The Morgan fingerprint density at radius 3 is 2.56 bits per heavy atom. The molecule has 0 aliphatic carbocycles. The van der Waals surface area contributed by atoms with Crippen LogP contribution in [0.3, 0.4) is 0 Å². The molecule has 0 aliphatic rings. The Kier molecular flexibility index (Phi) is 5.60. The monoisotopic (exact) mass is 249 g/mol. The summed E-state index contributed by atoms with van der Waals surface area (Å²) in [6.07, 6.45) is 5.03. The quantitative estimate of drug-likeness (QED) is 0.839. The third kappa shape index (κ3) is 4.65. The molecule has 1 N–H and O–H groups in total. The Morgan fingerprint density at radius 2 is 2.00 bits per heavy atom. The SMILES string of the molecule is CCCN(CC)c1ccncc1CNC(C)(C)C. The molecule has 0 unspecified atom stereocenters. The van der Waals surface area contributed by atoms with Crippen molar-refractivity contribution in [1.29, 1.82) is 0 Å². The second-order valence-electron chi connectivity index (χ2n) is 5.69. The average Bonchev–Trinajstić information content (AvgIpc) is 2.33. The lowest BCUT2D eigenvalue weighted by Gasteiger charge is -2.27. The fourth-order valence-corrected chi connectivity index (χ4v) is 1.94. The van der Waals surface area contributed by atoms with E-state index in [4.69, 9.17) is 0 Å². The van der Waals surface area contributed by atoms with Crippen molar-refractivity contribution in [3.63, 3.8) is 0 Å². The lowest BCUT2D eigenvalue weighted by Crippen LogP contribution is -2.36. The number of anilines is 1. The molecule has 102 valence electrons. The molecule has 0 aromatic carbocycles. The molecule has 1 aromatic heterocycles. The minimum absolute atomic E-state index is 0.134. The molecule has 18 heavy (non-hydrogen) atoms. The topological polar surface area (TPSA) is 28.2 Å². The highest BCUT2D eigenvalue weighted by atomic mass is 15.1. The van der Waals surface area contributed by atoms with Crippen molar-refractivity contribution in [2.24, 2.45) is 0 Å². The van der Waals surface area contributed by atoms with Crippen LogP contribution >= 0.6 is 0 Å². The summed E-state index contributed by atoms with van der Waals surface area (Å²) in [5, 5.41) is 3.53. The first-order valence-corrected chi connectivity index (χ1v) is 6.90. The minimum Gasteiger partial charge on any atom is -0.371 e. The fraction of sp³-hybridized carbons (Fsp3) is 0.667. The summed E-state index contributed by atoms with van der Waals surface area (Å²) in [5.74, 6) is 0. The summed E-state index contributed by atoms with van der Waals surface area (Å²) in [4.78, 5) is 6.67. The van der Waals surface area contributed by atoms with Gasteiger partial charge in [-0.05, 0) is 40.2 Å². The van der Waals surface area contributed by atoms with Gasteiger partial charge in [0.1, 0.15) is 0 Å². The average molecular weight is 249 g/mol. The normalized spacial score (nSPS) is 11.6. The van der Waals surface area contributed by atoms with Gasteiger partial charge in [0.15, 0.2) is 0 Å². The number of hydrogen-bond donors (Lipinski definition) is 1. The molecular weight excluding hydrogens is 222 g/mol. The van der Waals surface area contributed by atoms with Crippen molar-refractivity contribution in [3.05, 3.63) is 24.0 Å². The molecule has 0 atom stereocenters. The second-order valence-corrected chi connectivity index (χ2v) is 5.69. The highest BCUT2D eigenvalue weighted by molar-refractivity contribution is 5.52. The molecule has 0 saturated heterocycles. The number of nitrogens with one attached hydrogen (secondary N) is 1. The van der Waals surface area contributed by atoms with E-state index < -0.39 is 0 Å².